The summed E-state index contributed by atoms with van der Waals surface area (Å²) < 4.78 is 54.1. The summed E-state index contributed by atoms with van der Waals surface area (Å²) in [6.45, 7) is 1.75. The van der Waals surface area contributed by atoms with Gasteiger partial charge in [-0.15, -0.1) is 0 Å². The van der Waals surface area contributed by atoms with Gasteiger partial charge in [-0.2, -0.15) is 18.3 Å². The van der Waals surface area contributed by atoms with Gasteiger partial charge in [0.15, 0.2) is 10.7 Å². The monoisotopic (exact) mass is 440 g/mol. The molecule has 0 aliphatic heterocycles. The highest BCUT2D eigenvalue weighted by atomic mass is 35.5. The molecule has 0 amide bonds. The van der Waals surface area contributed by atoms with E-state index >= 15 is 0 Å². The zero-order chi connectivity index (χ0) is 20.8. The molecule has 1 unspecified atom stereocenters. The van der Waals surface area contributed by atoms with Crippen molar-refractivity contribution in [2.45, 2.75) is 18.0 Å². The van der Waals surface area contributed by atoms with Gasteiger partial charge in [0.05, 0.1) is 17.4 Å². The second-order valence-electron chi connectivity index (χ2n) is 5.92. The fourth-order valence-corrected chi connectivity index (χ4v) is 3.71. The first-order chi connectivity index (χ1) is 13.8. The molecular weight excluding hydrogens is 429 g/mol. The molecule has 29 heavy (non-hydrogen) atoms. The third kappa shape index (κ3) is 3.80. The van der Waals surface area contributed by atoms with Gasteiger partial charge in [-0.3, -0.25) is 4.40 Å². The van der Waals surface area contributed by atoms with Crippen molar-refractivity contribution in [3.8, 4) is 17.2 Å². The number of nitrogens with zero attached hydrogens (tertiary/aromatic N) is 6. The van der Waals surface area contributed by atoms with Crippen molar-refractivity contribution < 1.29 is 17.7 Å². The van der Waals surface area contributed by atoms with Crippen LogP contribution in [-0.4, -0.2) is 39.4 Å². The van der Waals surface area contributed by atoms with Gasteiger partial charge in [0, 0.05) is 12.3 Å². The van der Waals surface area contributed by atoms with Gasteiger partial charge in [0.1, 0.15) is 34.8 Å². The predicted molar refractivity (Wildman–Crippen MR) is 100 cm³/mol. The lowest BCUT2D eigenvalue weighted by molar-refractivity contribution is -0.141. The van der Waals surface area contributed by atoms with Gasteiger partial charge in [-0.05, 0) is 30.2 Å². The lowest BCUT2D eigenvalue weighted by Crippen LogP contribution is -2.09. The molecular formula is C17H12ClF3N6OS. The highest BCUT2D eigenvalue weighted by molar-refractivity contribution is 7.91. The van der Waals surface area contributed by atoms with Crippen LogP contribution >= 0.6 is 11.6 Å². The van der Waals surface area contributed by atoms with Crippen molar-refractivity contribution in [2.24, 2.45) is 0 Å². The predicted octanol–water partition coefficient (Wildman–Crippen LogP) is 3.78. The fraction of sp³-hybridized carbons (Fsp3) is 0.176. The third-order valence-corrected chi connectivity index (χ3v) is 5.56. The quantitative estimate of drug-likeness (QED) is 0.451. The Bertz CT molecular complexity index is 1190. The van der Waals surface area contributed by atoms with Gasteiger partial charge < -0.3 is 4.55 Å². The Morgan fingerprint density at radius 2 is 2.00 bits per heavy atom. The lowest BCUT2D eigenvalue weighted by Gasteiger charge is -2.12. The molecule has 0 aromatic carbocycles. The van der Waals surface area contributed by atoms with E-state index < -0.39 is 23.0 Å². The van der Waals surface area contributed by atoms with Crippen LogP contribution in [0.15, 0.2) is 48.0 Å². The molecule has 0 spiro atoms. The highest BCUT2D eigenvalue weighted by Crippen LogP contribution is 2.30. The minimum Gasteiger partial charge on any atom is -0.611 e. The van der Waals surface area contributed by atoms with Crippen LogP contribution in [-0.2, 0) is 17.4 Å². The van der Waals surface area contributed by atoms with Crippen molar-refractivity contribution in [2.75, 3.05) is 5.75 Å². The summed E-state index contributed by atoms with van der Waals surface area (Å²) in [6, 6.07) is 4.11. The number of alkyl halides is 3. The topological polar surface area (TPSA) is 84.0 Å². The fourth-order valence-electron chi connectivity index (χ4n) is 2.67. The van der Waals surface area contributed by atoms with Crippen LogP contribution in [0.25, 0.3) is 22.9 Å². The van der Waals surface area contributed by atoms with Crippen molar-refractivity contribution in [1.82, 2.24) is 29.1 Å². The molecule has 0 N–H and O–H groups in total. The van der Waals surface area contributed by atoms with Gasteiger partial charge in [0.2, 0.25) is 0 Å². The molecule has 7 nitrogen and oxygen atoms in total. The second kappa shape index (κ2) is 7.32. The molecule has 0 aliphatic rings. The zero-order valence-corrected chi connectivity index (χ0v) is 16.3. The van der Waals surface area contributed by atoms with Gasteiger partial charge in [-0.1, -0.05) is 11.6 Å². The number of pyridine rings is 1. The maximum Gasteiger partial charge on any atom is 0.433 e. The molecule has 0 saturated heterocycles. The SMILES string of the molecule is CC[S+]([O-])c1ccc(-n2cc(Cl)cn2)nc1-c1cn2cnc(C(F)(F)F)cc2n1. The maximum absolute atomic E-state index is 12.9. The second-order valence-corrected chi connectivity index (χ2v) is 8.06. The highest BCUT2D eigenvalue weighted by Gasteiger charge is 2.33. The van der Waals surface area contributed by atoms with Crippen LogP contribution in [0.1, 0.15) is 12.6 Å². The summed E-state index contributed by atoms with van der Waals surface area (Å²) in [5.74, 6) is 0.740. The van der Waals surface area contributed by atoms with Gasteiger partial charge in [-0.25, -0.2) is 19.6 Å². The molecule has 4 rings (SSSR count). The molecule has 12 heteroatoms. The number of imidazole rings is 1. The smallest absolute Gasteiger partial charge is 0.433 e. The first-order valence-corrected chi connectivity index (χ1v) is 9.98. The van der Waals surface area contributed by atoms with E-state index in [9.17, 15) is 17.7 Å². The molecule has 4 aromatic rings. The number of halogens is 4. The average molecular weight is 441 g/mol. The van der Waals surface area contributed by atoms with E-state index in [4.69, 9.17) is 11.6 Å². The van der Waals surface area contributed by atoms with E-state index in [0.29, 0.717) is 21.5 Å². The Hall–Kier alpha value is -2.63. The van der Waals surface area contributed by atoms with Crippen LogP contribution in [0.5, 0.6) is 0 Å². The van der Waals surface area contributed by atoms with Crippen LogP contribution in [0.4, 0.5) is 13.2 Å². The minimum absolute atomic E-state index is 0.0462. The van der Waals surface area contributed by atoms with E-state index in [2.05, 4.69) is 20.1 Å². The normalized spacial score (nSPS) is 13.2. The maximum atomic E-state index is 12.9. The van der Waals surface area contributed by atoms with Crippen molar-refractivity contribution in [3.63, 3.8) is 0 Å². The summed E-state index contributed by atoms with van der Waals surface area (Å²) in [7, 11) is 0. The van der Waals surface area contributed by atoms with Crippen LogP contribution < -0.4 is 0 Å². The Kier molecular flexibility index (Phi) is 4.97. The summed E-state index contributed by atoms with van der Waals surface area (Å²) in [4.78, 5) is 12.6. The molecule has 0 fully saturated rings. The first kappa shape index (κ1) is 19.7. The van der Waals surface area contributed by atoms with Crippen LogP contribution in [0, 0.1) is 0 Å². The van der Waals surface area contributed by atoms with Crippen LogP contribution in [0.3, 0.4) is 0 Å². The minimum atomic E-state index is -4.58. The number of fused-ring (bicyclic) bond motifs is 1. The number of rotatable bonds is 4. The molecule has 150 valence electrons. The summed E-state index contributed by atoms with van der Waals surface area (Å²) in [5.41, 5.74) is -0.452. The van der Waals surface area contributed by atoms with Gasteiger partial charge >= 0.3 is 6.18 Å². The Labute approximate surface area is 170 Å². The van der Waals surface area contributed by atoms with Crippen molar-refractivity contribution in [1.29, 1.82) is 0 Å². The molecule has 0 saturated carbocycles. The first-order valence-electron chi connectivity index (χ1n) is 8.28. The number of hydrogen-bond donors (Lipinski definition) is 0. The van der Waals surface area contributed by atoms with Crippen molar-refractivity contribution in [3.05, 3.63) is 53.8 Å². The van der Waals surface area contributed by atoms with E-state index in [0.717, 1.165) is 12.4 Å². The number of aromatic nitrogens is 6. The summed E-state index contributed by atoms with van der Waals surface area (Å²) in [6.07, 6.45) is 0.924. The molecule has 4 heterocycles. The summed E-state index contributed by atoms with van der Waals surface area (Å²) >= 11 is 4.54. The molecule has 1 atom stereocenters. The zero-order valence-electron chi connectivity index (χ0n) is 14.8. The lowest BCUT2D eigenvalue weighted by atomic mass is 10.3. The van der Waals surface area contributed by atoms with Gasteiger partial charge in [0.25, 0.3) is 0 Å². The van der Waals surface area contributed by atoms with E-state index in [1.165, 1.54) is 21.5 Å². The summed E-state index contributed by atoms with van der Waals surface area (Å²) in [5, 5.41) is 4.49. The molecule has 0 bridgehead atoms. The van der Waals surface area contributed by atoms with E-state index in [1.54, 1.807) is 25.3 Å². The molecule has 0 radical (unpaired) electrons. The molecule has 0 aliphatic carbocycles. The Morgan fingerprint density at radius 1 is 1.21 bits per heavy atom. The third-order valence-electron chi connectivity index (χ3n) is 4.02. The Balaban J connectivity index is 1.87. The standard InChI is InChI=1S/C17H12ClF3N6OS/c1-2-29(28)12-3-4-14(27-7-10(18)6-23-27)25-16(12)11-8-26-9-22-13(17(19,20)21)5-15(26)24-11/h3-9H,2H2,1H3. The van der Waals surface area contributed by atoms with E-state index in [-0.39, 0.29) is 17.0 Å². The van der Waals surface area contributed by atoms with Crippen LogP contribution in [0.2, 0.25) is 5.02 Å². The van der Waals surface area contributed by atoms with E-state index in [1.807, 2.05) is 0 Å². The number of hydrogen-bond acceptors (Lipinski definition) is 5. The average Bonchev–Trinajstić information content (AvgIpc) is 3.31. The van der Waals surface area contributed by atoms with Crippen molar-refractivity contribution >= 4 is 28.4 Å². The Morgan fingerprint density at radius 3 is 2.66 bits per heavy atom. The largest absolute Gasteiger partial charge is 0.611 e. The molecule has 4 aromatic heterocycles.